The van der Waals surface area contributed by atoms with Gasteiger partial charge < -0.3 is 9.64 Å². The van der Waals surface area contributed by atoms with E-state index in [0.29, 0.717) is 24.1 Å². The van der Waals surface area contributed by atoms with E-state index in [1.165, 1.54) is 29.7 Å². The largest absolute Gasteiger partial charge is 0.462 e. The molecule has 33 heavy (non-hydrogen) atoms. The van der Waals surface area contributed by atoms with Gasteiger partial charge in [-0.05, 0) is 92.1 Å². The molecule has 0 saturated heterocycles. The van der Waals surface area contributed by atoms with Crippen molar-refractivity contribution in [2.45, 2.75) is 66.0 Å². The molecule has 3 aromatic rings. The minimum atomic E-state index is -0.277. The monoisotopic (exact) mass is 443 g/mol. The minimum absolute atomic E-state index is 0.277. The van der Waals surface area contributed by atoms with Crippen LogP contribution >= 0.6 is 0 Å². The van der Waals surface area contributed by atoms with E-state index in [-0.39, 0.29) is 5.97 Å². The first-order valence-corrected chi connectivity index (χ1v) is 12.2. The Morgan fingerprint density at radius 2 is 1.52 bits per heavy atom. The smallest absolute Gasteiger partial charge is 0.338 e. The van der Waals surface area contributed by atoms with Crippen molar-refractivity contribution in [2.75, 3.05) is 11.5 Å². The van der Waals surface area contributed by atoms with Crippen LogP contribution in [0.4, 0.5) is 5.69 Å². The molecule has 3 rings (SSSR count). The zero-order valence-electron chi connectivity index (χ0n) is 20.7. The van der Waals surface area contributed by atoms with Crippen LogP contribution in [-0.4, -0.2) is 18.6 Å². The number of hydrogen-bond acceptors (Lipinski definition) is 3. The molecular weight excluding hydrogens is 406 g/mol. The van der Waals surface area contributed by atoms with Crippen molar-refractivity contribution in [1.29, 1.82) is 0 Å². The van der Waals surface area contributed by atoms with Crippen LogP contribution in [0.1, 0.15) is 74.9 Å². The first-order chi connectivity index (χ1) is 16.0. The topological polar surface area (TPSA) is 29.5 Å². The fourth-order valence-electron chi connectivity index (χ4n) is 4.33. The zero-order chi connectivity index (χ0) is 23.8. The molecule has 0 radical (unpaired) electrons. The van der Waals surface area contributed by atoms with Crippen LogP contribution in [0.2, 0.25) is 0 Å². The second-order valence-electron chi connectivity index (χ2n) is 8.82. The van der Waals surface area contributed by atoms with Crippen molar-refractivity contribution in [2.24, 2.45) is 0 Å². The fraction of sp³-hybridized carbons (Fsp3) is 0.367. The Balaban J connectivity index is 1.79. The van der Waals surface area contributed by atoms with Gasteiger partial charge in [0, 0.05) is 18.3 Å². The lowest BCUT2D eigenvalue weighted by Gasteiger charge is -2.30. The Hall–Kier alpha value is -3.07. The lowest BCUT2D eigenvalue weighted by Crippen LogP contribution is -2.30. The average Bonchev–Trinajstić information content (AvgIpc) is 2.84. The lowest BCUT2D eigenvalue weighted by atomic mass is 9.94. The van der Waals surface area contributed by atoms with E-state index in [0.717, 1.165) is 17.7 Å². The number of hydrogen-bond donors (Lipinski definition) is 0. The molecule has 3 heteroatoms. The van der Waals surface area contributed by atoms with Crippen molar-refractivity contribution >= 4 is 11.7 Å². The van der Waals surface area contributed by atoms with Crippen LogP contribution in [0.5, 0.6) is 0 Å². The molecule has 0 fully saturated rings. The van der Waals surface area contributed by atoms with E-state index in [1.54, 1.807) is 0 Å². The highest BCUT2D eigenvalue weighted by Crippen LogP contribution is 2.28. The lowest BCUT2D eigenvalue weighted by molar-refractivity contribution is 0.0526. The van der Waals surface area contributed by atoms with Crippen LogP contribution in [0, 0.1) is 0 Å². The van der Waals surface area contributed by atoms with Crippen molar-refractivity contribution in [3.63, 3.8) is 0 Å². The van der Waals surface area contributed by atoms with Gasteiger partial charge in [-0.3, -0.25) is 0 Å². The Morgan fingerprint density at radius 1 is 0.848 bits per heavy atom. The second-order valence-corrected chi connectivity index (χ2v) is 8.82. The molecule has 0 atom stereocenters. The van der Waals surface area contributed by atoms with E-state index in [4.69, 9.17) is 4.74 Å². The maximum Gasteiger partial charge on any atom is 0.338 e. The Labute approximate surface area is 199 Å². The van der Waals surface area contributed by atoms with Crippen molar-refractivity contribution < 1.29 is 9.53 Å². The quantitative estimate of drug-likeness (QED) is 0.299. The zero-order valence-corrected chi connectivity index (χ0v) is 20.7. The molecule has 0 unspecified atom stereocenters. The van der Waals surface area contributed by atoms with Crippen LogP contribution < -0.4 is 4.90 Å². The van der Waals surface area contributed by atoms with Crippen LogP contribution in [0.25, 0.3) is 11.1 Å². The van der Waals surface area contributed by atoms with Gasteiger partial charge in [-0.25, -0.2) is 4.79 Å². The molecule has 0 heterocycles. The second kappa shape index (κ2) is 11.7. The van der Waals surface area contributed by atoms with E-state index in [2.05, 4.69) is 81.1 Å². The molecule has 3 nitrogen and oxygen atoms in total. The molecular formula is C30H37NO2. The van der Waals surface area contributed by atoms with E-state index < -0.39 is 0 Å². The van der Waals surface area contributed by atoms with Gasteiger partial charge >= 0.3 is 5.97 Å². The Bertz CT molecular complexity index is 1020. The summed E-state index contributed by atoms with van der Waals surface area (Å²) in [5.74, 6) is 0.360. The van der Waals surface area contributed by atoms with Crippen molar-refractivity contribution in [1.82, 2.24) is 0 Å². The normalized spacial score (nSPS) is 11.1. The summed E-state index contributed by atoms with van der Waals surface area (Å²) in [6.07, 6.45) is 2.36. The number of anilines is 1. The number of rotatable bonds is 10. The summed E-state index contributed by atoms with van der Waals surface area (Å²) in [6, 6.07) is 25.8. The summed E-state index contributed by atoms with van der Waals surface area (Å²) in [5, 5.41) is 0. The Morgan fingerprint density at radius 3 is 2.09 bits per heavy atom. The van der Waals surface area contributed by atoms with E-state index in [1.807, 2.05) is 31.2 Å². The maximum absolute atomic E-state index is 11.9. The number of benzene rings is 3. The predicted molar refractivity (Wildman–Crippen MR) is 139 cm³/mol. The molecule has 0 saturated carbocycles. The first-order valence-electron chi connectivity index (χ1n) is 12.2. The highest BCUT2D eigenvalue weighted by atomic mass is 16.5. The summed E-state index contributed by atoms with van der Waals surface area (Å²) in [4.78, 5) is 14.4. The summed E-state index contributed by atoms with van der Waals surface area (Å²) in [6.45, 7) is 12.1. The molecule has 3 aromatic carbocycles. The van der Waals surface area contributed by atoms with Gasteiger partial charge in [0.15, 0.2) is 0 Å². The molecule has 0 spiro atoms. The third-order valence-electron chi connectivity index (χ3n) is 6.31. The van der Waals surface area contributed by atoms with Gasteiger partial charge in [0.2, 0.25) is 0 Å². The van der Waals surface area contributed by atoms with Gasteiger partial charge in [-0.15, -0.1) is 0 Å². The van der Waals surface area contributed by atoms with Gasteiger partial charge in [0.1, 0.15) is 0 Å². The SMILES string of the molecule is CCOC(=O)c1ccc(-c2cccc(CN(c3ccc(C(CC)CC)cc3)C(C)C)c2)cc1. The fourth-order valence-corrected chi connectivity index (χ4v) is 4.33. The highest BCUT2D eigenvalue weighted by molar-refractivity contribution is 5.90. The predicted octanol–water partition coefficient (Wildman–Crippen LogP) is 7.85. The number of nitrogens with zero attached hydrogens (tertiary/aromatic N) is 1. The molecule has 0 aromatic heterocycles. The van der Waals surface area contributed by atoms with E-state index in [9.17, 15) is 4.79 Å². The van der Waals surface area contributed by atoms with E-state index >= 15 is 0 Å². The molecule has 0 amide bonds. The summed E-state index contributed by atoms with van der Waals surface area (Å²) in [7, 11) is 0. The molecule has 174 valence electrons. The van der Waals surface area contributed by atoms with Gasteiger partial charge in [0.25, 0.3) is 0 Å². The third kappa shape index (κ3) is 6.25. The summed E-state index contributed by atoms with van der Waals surface area (Å²) >= 11 is 0. The summed E-state index contributed by atoms with van der Waals surface area (Å²) in [5.41, 5.74) is 6.77. The number of carbonyl (C=O) groups is 1. The van der Waals surface area contributed by atoms with Gasteiger partial charge in [0.05, 0.1) is 12.2 Å². The molecule has 0 aliphatic rings. The van der Waals surface area contributed by atoms with Crippen LogP contribution in [0.3, 0.4) is 0 Å². The number of ether oxygens (including phenoxy) is 1. The van der Waals surface area contributed by atoms with Crippen LogP contribution in [-0.2, 0) is 11.3 Å². The number of carbonyl (C=O) groups excluding carboxylic acids is 1. The number of esters is 1. The molecule has 0 aliphatic carbocycles. The van der Waals surface area contributed by atoms with Crippen LogP contribution in [0.15, 0.2) is 72.8 Å². The average molecular weight is 444 g/mol. The van der Waals surface area contributed by atoms with Gasteiger partial charge in [-0.1, -0.05) is 56.3 Å². The minimum Gasteiger partial charge on any atom is -0.462 e. The third-order valence-corrected chi connectivity index (χ3v) is 6.31. The maximum atomic E-state index is 11.9. The van der Waals surface area contributed by atoms with Crippen molar-refractivity contribution in [3.05, 3.63) is 89.5 Å². The molecule has 0 N–H and O–H groups in total. The first kappa shape index (κ1) is 24.6. The molecule has 0 aliphatic heterocycles. The highest BCUT2D eigenvalue weighted by Gasteiger charge is 2.14. The standard InChI is InChI=1S/C30H37NO2/c1-6-24(7-2)25-16-18-29(19-17-25)31(22(4)5)21-23-10-9-11-28(20-23)26-12-14-27(15-13-26)30(32)33-8-3/h9-20,22,24H,6-8,21H2,1-5H3. The van der Waals surface area contributed by atoms with Gasteiger partial charge in [-0.2, -0.15) is 0 Å². The molecule has 0 bridgehead atoms. The van der Waals surface area contributed by atoms with Crippen molar-refractivity contribution in [3.8, 4) is 11.1 Å². The summed E-state index contributed by atoms with van der Waals surface area (Å²) < 4.78 is 5.09. The Kier molecular flexibility index (Phi) is 8.71.